The summed E-state index contributed by atoms with van der Waals surface area (Å²) >= 11 is 3.70. The van der Waals surface area contributed by atoms with Crippen LogP contribution >= 0.6 is 22.7 Å². The number of aromatic nitrogens is 2. The largest absolute Gasteiger partial charge is 0.228 e. The summed E-state index contributed by atoms with van der Waals surface area (Å²) < 4.78 is 5.29. The van der Waals surface area contributed by atoms with Gasteiger partial charge in [-0.1, -0.05) is 127 Å². The molecular weight excluding hydrogens is 645 g/mol. The second kappa shape index (κ2) is 11.9. The van der Waals surface area contributed by atoms with Gasteiger partial charge in [0.1, 0.15) is 0 Å². The first kappa shape index (κ1) is 29.0. The summed E-state index contributed by atoms with van der Waals surface area (Å²) in [4.78, 5) is 10.2. The Morgan fingerprint density at radius 1 is 0.280 bits per heavy atom. The fourth-order valence-electron chi connectivity index (χ4n) is 6.94. The van der Waals surface area contributed by atoms with Gasteiger partial charge in [-0.15, -0.1) is 22.7 Å². The summed E-state index contributed by atoms with van der Waals surface area (Å²) in [5.74, 6) is 0.718. The van der Waals surface area contributed by atoms with E-state index in [2.05, 4.69) is 152 Å². The molecule has 0 radical (unpaired) electrons. The summed E-state index contributed by atoms with van der Waals surface area (Å²) in [6.45, 7) is 0. The Hall–Kier alpha value is -5.94. The summed E-state index contributed by atoms with van der Waals surface area (Å²) in [5.41, 5.74) is 9.72. The van der Waals surface area contributed by atoms with Crippen LogP contribution in [0, 0.1) is 0 Å². The molecule has 3 heterocycles. The molecule has 0 saturated heterocycles. The van der Waals surface area contributed by atoms with Crippen LogP contribution in [0.25, 0.3) is 96.5 Å². The molecule has 10 aromatic rings. The number of hydrogen-bond donors (Lipinski definition) is 0. The quantitative estimate of drug-likeness (QED) is 0.182. The maximum atomic E-state index is 5.08. The van der Waals surface area contributed by atoms with Crippen molar-refractivity contribution in [2.24, 2.45) is 0 Å². The molecule has 3 aromatic heterocycles. The van der Waals surface area contributed by atoms with Crippen molar-refractivity contribution >= 4 is 63.0 Å². The molecule has 0 amide bonds. The van der Waals surface area contributed by atoms with Crippen LogP contribution in [0.1, 0.15) is 0 Å². The SMILES string of the molecule is c1ccc(-c2nc(-c3ccc(-c4ccc5sc6ccccc6c5c4)cc3)cc(-c3ccc(-c4ccc5sc6ccccc6c5c4)cc3)n2)cc1. The topological polar surface area (TPSA) is 25.8 Å². The van der Waals surface area contributed by atoms with Crippen LogP contribution in [0.3, 0.4) is 0 Å². The Morgan fingerprint density at radius 2 is 0.680 bits per heavy atom. The lowest BCUT2D eigenvalue weighted by Gasteiger charge is -2.11. The van der Waals surface area contributed by atoms with Crippen molar-refractivity contribution in [3.05, 3.63) is 170 Å². The second-order valence-corrected chi connectivity index (χ2v) is 14.8. The van der Waals surface area contributed by atoms with Gasteiger partial charge in [0.05, 0.1) is 11.4 Å². The number of hydrogen-bond acceptors (Lipinski definition) is 4. The van der Waals surface area contributed by atoms with Crippen LogP contribution in [-0.4, -0.2) is 9.97 Å². The lowest BCUT2D eigenvalue weighted by atomic mass is 9.99. The first-order valence-electron chi connectivity index (χ1n) is 16.7. The zero-order valence-electron chi connectivity index (χ0n) is 26.9. The monoisotopic (exact) mass is 672 g/mol. The molecule has 0 saturated carbocycles. The fourth-order valence-corrected chi connectivity index (χ4v) is 9.11. The van der Waals surface area contributed by atoms with Crippen LogP contribution in [0.5, 0.6) is 0 Å². The van der Waals surface area contributed by atoms with Crippen molar-refractivity contribution < 1.29 is 0 Å². The zero-order chi connectivity index (χ0) is 33.0. The van der Waals surface area contributed by atoms with Gasteiger partial charge in [-0.25, -0.2) is 9.97 Å². The second-order valence-electron chi connectivity index (χ2n) is 12.6. The van der Waals surface area contributed by atoms with Gasteiger partial charge in [-0.2, -0.15) is 0 Å². The molecule has 10 rings (SSSR count). The highest BCUT2D eigenvalue weighted by atomic mass is 32.1. The molecule has 0 unspecified atom stereocenters. The molecule has 0 atom stereocenters. The number of fused-ring (bicyclic) bond motifs is 6. The van der Waals surface area contributed by atoms with Crippen LogP contribution < -0.4 is 0 Å². The van der Waals surface area contributed by atoms with Crippen molar-refractivity contribution in [2.75, 3.05) is 0 Å². The van der Waals surface area contributed by atoms with Crippen molar-refractivity contribution in [1.82, 2.24) is 9.97 Å². The van der Waals surface area contributed by atoms with E-state index in [0.717, 1.165) is 33.9 Å². The molecule has 7 aromatic carbocycles. The third kappa shape index (κ3) is 5.09. The Kier molecular flexibility index (Phi) is 6.90. The van der Waals surface area contributed by atoms with Crippen molar-refractivity contribution in [2.45, 2.75) is 0 Å². The molecule has 0 spiro atoms. The Bertz CT molecular complexity index is 2670. The molecule has 0 N–H and O–H groups in total. The van der Waals surface area contributed by atoms with Crippen LogP contribution in [0.2, 0.25) is 0 Å². The molecule has 4 heteroatoms. The molecule has 0 bridgehead atoms. The Labute approximate surface area is 297 Å². The van der Waals surface area contributed by atoms with Crippen molar-refractivity contribution in [3.8, 4) is 56.2 Å². The van der Waals surface area contributed by atoms with E-state index in [1.54, 1.807) is 0 Å². The third-order valence-electron chi connectivity index (χ3n) is 9.54. The Balaban J connectivity index is 1.01. The van der Waals surface area contributed by atoms with Crippen LogP contribution in [-0.2, 0) is 0 Å². The normalized spacial score (nSPS) is 11.6. The standard InChI is InChI=1S/C46H28N2S2/c1-2-8-33(9-3-1)46-47-40(31-18-14-29(15-19-31)34-22-24-44-38(26-34)36-10-4-6-12-42(36)49-44)28-41(48-46)32-20-16-30(17-21-32)35-23-25-45-39(27-35)37-11-5-7-13-43(37)50-45/h1-28H. The van der Waals surface area contributed by atoms with E-state index in [4.69, 9.17) is 9.97 Å². The minimum absolute atomic E-state index is 0.718. The predicted octanol–water partition coefficient (Wildman–Crippen LogP) is 13.5. The molecule has 0 aliphatic rings. The highest BCUT2D eigenvalue weighted by Gasteiger charge is 2.13. The number of nitrogens with zero attached hydrogens (tertiary/aromatic N) is 2. The summed E-state index contributed by atoms with van der Waals surface area (Å²) in [6, 6.07) is 60.8. The van der Waals surface area contributed by atoms with E-state index in [1.165, 1.54) is 62.6 Å². The lowest BCUT2D eigenvalue weighted by molar-refractivity contribution is 1.18. The van der Waals surface area contributed by atoms with Crippen molar-refractivity contribution in [3.63, 3.8) is 0 Å². The maximum Gasteiger partial charge on any atom is 0.160 e. The Morgan fingerprint density at radius 3 is 1.18 bits per heavy atom. The lowest BCUT2D eigenvalue weighted by Crippen LogP contribution is -1.96. The van der Waals surface area contributed by atoms with Gasteiger partial charge in [0, 0.05) is 57.0 Å². The highest BCUT2D eigenvalue weighted by molar-refractivity contribution is 7.26. The highest BCUT2D eigenvalue weighted by Crippen LogP contribution is 2.38. The molecule has 0 fully saturated rings. The zero-order valence-corrected chi connectivity index (χ0v) is 28.5. The van der Waals surface area contributed by atoms with Gasteiger partial charge in [0.25, 0.3) is 0 Å². The number of rotatable bonds is 5. The summed E-state index contributed by atoms with van der Waals surface area (Å²) in [5, 5.41) is 5.26. The van der Waals surface area contributed by atoms with Gasteiger partial charge in [0.15, 0.2) is 5.82 Å². The average Bonchev–Trinajstić information content (AvgIpc) is 3.76. The van der Waals surface area contributed by atoms with Gasteiger partial charge in [0.2, 0.25) is 0 Å². The molecule has 0 aliphatic carbocycles. The minimum atomic E-state index is 0.718. The molecular formula is C46H28N2S2. The summed E-state index contributed by atoms with van der Waals surface area (Å²) in [6.07, 6.45) is 0. The average molecular weight is 673 g/mol. The van der Waals surface area contributed by atoms with E-state index in [-0.39, 0.29) is 0 Å². The molecule has 2 nitrogen and oxygen atoms in total. The molecule has 50 heavy (non-hydrogen) atoms. The molecule has 0 aliphatic heterocycles. The van der Waals surface area contributed by atoms with Gasteiger partial charge in [-0.3, -0.25) is 0 Å². The summed E-state index contributed by atoms with van der Waals surface area (Å²) in [7, 11) is 0. The first-order chi connectivity index (χ1) is 24.7. The third-order valence-corrected chi connectivity index (χ3v) is 11.8. The fraction of sp³-hybridized carbons (Fsp3) is 0. The van der Waals surface area contributed by atoms with Gasteiger partial charge >= 0.3 is 0 Å². The number of benzene rings is 7. The smallest absolute Gasteiger partial charge is 0.160 e. The number of thiophene rings is 2. The van der Waals surface area contributed by atoms with E-state index in [9.17, 15) is 0 Å². The predicted molar refractivity (Wildman–Crippen MR) is 215 cm³/mol. The van der Waals surface area contributed by atoms with Crippen LogP contribution in [0.15, 0.2) is 170 Å². The van der Waals surface area contributed by atoms with Crippen LogP contribution in [0.4, 0.5) is 0 Å². The first-order valence-corrected chi connectivity index (χ1v) is 18.4. The molecule has 234 valence electrons. The van der Waals surface area contributed by atoms with E-state index in [1.807, 2.05) is 40.9 Å². The minimum Gasteiger partial charge on any atom is -0.228 e. The van der Waals surface area contributed by atoms with Gasteiger partial charge in [-0.05, 0) is 64.7 Å². The van der Waals surface area contributed by atoms with E-state index in [0.29, 0.717) is 0 Å². The maximum absolute atomic E-state index is 5.08. The van der Waals surface area contributed by atoms with E-state index >= 15 is 0 Å². The van der Waals surface area contributed by atoms with Gasteiger partial charge < -0.3 is 0 Å². The van der Waals surface area contributed by atoms with E-state index < -0.39 is 0 Å². The van der Waals surface area contributed by atoms with Crippen molar-refractivity contribution in [1.29, 1.82) is 0 Å².